The second kappa shape index (κ2) is 17.4. The number of hydrogen-bond donors (Lipinski definition) is 4. The van der Waals surface area contributed by atoms with Crippen LogP contribution in [-0.4, -0.2) is 86.9 Å². The quantitative estimate of drug-likeness (QED) is 0.0568. The van der Waals surface area contributed by atoms with Crippen LogP contribution < -0.4 is 26.0 Å². The highest BCUT2D eigenvalue weighted by Crippen LogP contribution is 2.27. The smallest absolute Gasteiger partial charge is 0.328 e. The summed E-state index contributed by atoms with van der Waals surface area (Å²) in [7, 11) is -2.83. The summed E-state index contributed by atoms with van der Waals surface area (Å²) >= 11 is 2.64. The number of aromatic nitrogens is 2. The van der Waals surface area contributed by atoms with Crippen LogP contribution in [-0.2, 0) is 32.6 Å². The van der Waals surface area contributed by atoms with Gasteiger partial charge in [0.2, 0.25) is 0 Å². The zero-order valence-corrected chi connectivity index (χ0v) is 30.3. The third-order valence-corrected chi connectivity index (χ3v) is 11.1. The SMILES string of the molecule is COC(=O)[C@H](CCCN=C(C)N)NC(=O)c1sccc1NS(=O)(=O)c1cccc(NCc2csc(N3CCN(Cc4ccccn4)CC3)n2)c1. The van der Waals surface area contributed by atoms with Crippen LogP contribution in [0.3, 0.4) is 0 Å². The molecule has 1 aromatic carbocycles. The number of esters is 1. The van der Waals surface area contributed by atoms with E-state index in [9.17, 15) is 18.0 Å². The molecule has 5 rings (SSSR count). The van der Waals surface area contributed by atoms with Crippen molar-refractivity contribution in [1.82, 2.24) is 20.2 Å². The van der Waals surface area contributed by atoms with Gasteiger partial charge in [-0.15, -0.1) is 22.7 Å². The summed E-state index contributed by atoms with van der Waals surface area (Å²) < 4.78 is 34.2. The van der Waals surface area contributed by atoms with Gasteiger partial charge >= 0.3 is 5.97 Å². The molecule has 1 amide bonds. The Kier molecular flexibility index (Phi) is 12.8. The second-order valence-corrected chi connectivity index (χ2v) is 15.0. The standard InChI is InChI=1S/C33H41N9O5S3/c1-23(34)35-13-6-10-29(32(44)47-2)39-31(43)30-28(11-18-48-30)40-50(45,46)27-9-5-8-24(19-27)37-20-26-22-49-33(38-26)42-16-14-41(15-17-42)21-25-7-3-4-12-36-25/h3-5,7-9,11-12,18-19,22,29,37,40H,6,10,13-17,20-21H2,1-2H3,(H2,34,35)(H,39,43)/t29-/m0/s1. The zero-order chi connectivity index (χ0) is 35.5. The number of nitrogens with two attached hydrogens (primary N) is 1. The van der Waals surface area contributed by atoms with Crippen molar-refractivity contribution < 1.29 is 22.7 Å². The molecule has 5 N–H and O–H groups in total. The summed E-state index contributed by atoms with van der Waals surface area (Å²) in [5, 5.41) is 10.5. The van der Waals surface area contributed by atoms with Crippen molar-refractivity contribution in [3.63, 3.8) is 0 Å². The number of nitrogens with one attached hydrogen (secondary N) is 3. The Hall–Kier alpha value is -4.58. The molecule has 17 heteroatoms. The number of anilines is 3. The molecule has 0 radical (unpaired) electrons. The van der Waals surface area contributed by atoms with Crippen molar-refractivity contribution in [3.05, 3.63) is 81.8 Å². The van der Waals surface area contributed by atoms with E-state index >= 15 is 0 Å². The van der Waals surface area contributed by atoms with Gasteiger partial charge < -0.3 is 26.0 Å². The number of piperazine rings is 1. The molecule has 1 fully saturated rings. The Balaban J connectivity index is 1.15. The number of methoxy groups -OCH3 is 1. The predicted octanol–water partition coefficient (Wildman–Crippen LogP) is 3.76. The first-order chi connectivity index (χ1) is 24.1. The van der Waals surface area contributed by atoms with E-state index in [0.29, 0.717) is 31.0 Å². The molecule has 50 heavy (non-hydrogen) atoms. The molecule has 0 saturated carbocycles. The van der Waals surface area contributed by atoms with Crippen LogP contribution in [0.4, 0.5) is 16.5 Å². The van der Waals surface area contributed by atoms with E-state index in [-0.39, 0.29) is 21.9 Å². The maximum absolute atomic E-state index is 13.4. The Bertz CT molecular complexity index is 1870. The minimum Gasteiger partial charge on any atom is -0.467 e. The molecule has 0 unspecified atom stereocenters. The molecule has 1 saturated heterocycles. The fraction of sp³-hybridized carbons (Fsp3) is 0.364. The van der Waals surface area contributed by atoms with Crippen molar-refractivity contribution in [2.45, 2.75) is 43.8 Å². The van der Waals surface area contributed by atoms with E-state index < -0.39 is 27.9 Å². The maximum atomic E-state index is 13.4. The molecule has 266 valence electrons. The first-order valence-electron chi connectivity index (χ1n) is 16.0. The number of aliphatic imine (C=N–C) groups is 1. The molecule has 0 aliphatic carbocycles. The third kappa shape index (κ3) is 10.2. The number of amides is 1. The van der Waals surface area contributed by atoms with Gasteiger partial charge in [0.05, 0.1) is 41.5 Å². The number of amidine groups is 1. The number of sulfonamides is 1. The molecule has 1 aliphatic heterocycles. The molecule has 4 heterocycles. The van der Waals surface area contributed by atoms with E-state index in [1.165, 1.54) is 25.3 Å². The number of rotatable bonds is 16. The summed E-state index contributed by atoms with van der Waals surface area (Å²) in [6.45, 7) is 6.92. The highest BCUT2D eigenvalue weighted by molar-refractivity contribution is 7.92. The highest BCUT2D eigenvalue weighted by Gasteiger charge is 2.26. The average molecular weight is 740 g/mol. The van der Waals surface area contributed by atoms with Gasteiger partial charge in [-0.05, 0) is 61.5 Å². The van der Waals surface area contributed by atoms with Gasteiger partial charge in [0.25, 0.3) is 15.9 Å². The molecule has 3 aromatic heterocycles. The van der Waals surface area contributed by atoms with Crippen LogP contribution in [0.2, 0.25) is 0 Å². The molecule has 14 nitrogen and oxygen atoms in total. The number of thiophene rings is 1. The first-order valence-corrected chi connectivity index (χ1v) is 19.3. The average Bonchev–Trinajstić information content (AvgIpc) is 3.79. The van der Waals surface area contributed by atoms with Crippen LogP contribution >= 0.6 is 22.7 Å². The van der Waals surface area contributed by atoms with Crippen molar-refractivity contribution >= 4 is 66.9 Å². The number of benzene rings is 1. The Morgan fingerprint density at radius 2 is 1.90 bits per heavy atom. The number of pyridine rings is 1. The van der Waals surface area contributed by atoms with Gasteiger partial charge in [-0.3, -0.25) is 24.4 Å². The van der Waals surface area contributed by atoms with Gasteiger partial charge in [0.1, 0.15) is 10.9 Å². The van der Waals surface area contributed by atoms with Gasteiger partial charge in [0.15, 0.2) is 5.13 Å². The summed E-state index contributed by atoms with van der Waals surface area (Å²) in [4.78, 5) is 43.7. The van der Waals surface area contributed by atoms with Gasteiger partial charge in [-0.25, -0.2) is 18.2 Å². The number of carbonyl (C=O) groups excluding carboxylic acids is 2. The van der Waals surface area contributed by atoms with Crippen LogP contribution in [0.1, 0.15) is 40.8 Å². The van der Waals surface area contributed by atoms with Gasteiger partial charge in [0, 0.05) is 56.5 Å². The molecular weight excluding hydrogens is 699 g/mol. The fourth-order valence-electron chi connectivity index (χ4n) is 5.24. The van der Waals surface area contributed by atoms with Crippen LogP contribution in [0, 0.1) is 0 Å². The summed E-state index contributed by atoms with van der Waals surface area (Å²) in [5.74, 6) is -0.790. The van der Waals surface area contributed by atoms with Crippen molar-refractivity contribution in [2.24, 2.45) is 10.7 Å². The van der Waals surface area contributed by atoms with Gasteiger partial charge in [-0.2, -0.15) is 0 Å². The van der Waals surface area contributed by atoms with Crippen molar-refractivity contribution in [3.8, 4) is 0 Å². The van der Waals surface area contributed by atoms with Crippen LogP contribution in [0.25, 0.3) is 0 Å². The van der Waals surface area contributed by atoms with Crippen molar-refractivity contribution in [1.29, 1.82) is 0 Å². The topological polar surface area (TPSA) is 184 Å². The molecule has 1 atom stereocenters. The fourth-order valence-corrected chi connectivity index (χ4v) is 8.05. The van der Waals surface area contributed by atoms with Crippen molar-refractivity contribution in [2.75, 3.05) is 54.8 Å². The lowest BCUT2D eigenvalue weighted by Crippen LogP contribution is -2.46. The number of ether oxygens (including phenoxy) is 1. The monoisotopic (exact) mass is 739 g/mol. The number of thiazole rings is 1. The minimum absolute atomic E-state index is 0.0192. The van der Waals surface area contributed by atoms with E-state index in [2.05, 4.69) is 35.1 Å². The van der Waals surface area contributed by atoms with E-state index in [1.807, 2.05) is 29.8 Å². The highest BCUT2D eigenvalue weighted by atomic mass is 32.2. The van der Waals surface area contributed by atoms with Gasteiger partial charge in [-0.1, -0.05) is 12.1 Å². The second-order valence-electron chi connectivity index (χ2n) is 11.6. The predicted molar refractivity (Wildman–Crippen MR) is 197 cm³/mol. The lowest BCUT2D eigenvalue weighted by atomic mass is 10.1. The summed E-state index contributed by atoms with van der Waals surface area (Å²) in [5.41, 5.74) is 8.19. The van der Waals surface area contributed by atoms with Crippen LogP contribution in [0.5, 0.6) is 0 Å². The van der Waals surface area contributed by atoms with E-state index in [4.69, 9.17) is 15.5 Å². The molecule has 1 aliphatic rings. The van der Waals surface area contributed by atoms with E-state index in [0.717, 1.165) is 60.6 Å². The number of carbonyl (C=O) groups is 2. The molecular formula is C33H41N9O5S3. The first kappa shape index (κ1) is 36.7. The normalized spacial score (nSPS) is 14.6. The Morgan fingerprint density at radius 3 is 2.64 bits per heavy atom. The summed E-state index contributed by atoms with van der Waals surface area (Å²) in [6, 6.07) is 13.0. The molecule has 4 aromatic rings. The third-order valence-electron chi connectivity index (χ3n) is 7.83. The maximum Gasteiger partial charge on any atom is 0.328 e. The summed E-state index contributed by atoms with van der Waals surface area (Å²) in [6.07, 6.45) is 2.58. The van der Waals surface area contributed by atoms with E-state index in [1.54, 1.807) is 35.8 Å². The Morgan fingerprint density at radius 1 is 1.08 bits per heavy atom. The minimum atomic E-state index is -4.06. The molecule has 0 bridgehead atoms. The lowest BCUT2D eigenvalue weighted by Gasteiger charge is -2.34. The van der Waals surface area contributed by atoms with Crippen LogP contribution in [0.15, 0.2) is 75.4 Å². The number of hydrogen-bond acceptors (Lipinski definition) is 13. The lowest BCUT2D eigenvalue weighted by molar-refractivity contribution is -0.143. The Labute approximate surface area is 299 Å². The largest absolute Gasteiger partial charge is 0.467 e. The molecule has 0 spiro atoms. The number of nitrogens with zero attached hydrogens (tertiary/aromatic N) is 5. The zero-order valence-electron chi connectivity index (χ0n) is 27.9.